The summed E-state index contributed by atoms with van der Waals surface area (Å²) in [5, 5.41) is 11.2. The molecule has 6 nitrogen and oxygen atoms in total. The molecule has 0 aliphatic carbocycles. The quantitative estimate of drug-likeness (QED) is 0.932. The first-order valence-corrected chi connectivity index (χ1v) is 8.73. The van der Waals surface area contributed by atoms with Crippen LogP contribution in [-0.4, -0.2) is 47.3 Å². The van der Waals surface area contributed by atoms with E-state index in [1.165, 1.54) is 5.56 Å². The molecule has 1 aromatic heterocycles. The Kier molecular flexibility index (Phi) is 5.16. The molecule has 1 aliphatic rings. The molecule has 6 heteroatoms. The molecule has 1 saturated heterocycles. The Labute approximate surface area is 148 Å². The predicted octanol–water partition coefficient (Wildman–Crippen LogP) is 3.26. The van der Waals surface area contributed by atoms with Crippen molar-refractivity contribution in [3.8, 4) is 0 Å². The van der Waals surface area contributed by atoms with Crippen molar-refractivity contribution < 1.29 is 4.79 Å². The second-order valence-corrected chi connectivity index (χ2v) is 6.77. The number of aryl methyl sites for hydroxylation is 1. The Morgan fingerprint density at radius 1 is 1.12 bits per heavy atom. The Morgan fingerprint density at radius 2 is 1.80 bits per heavy atom. The van der Waals surface area contributed by atoms with Crippen LogP contribution in [0, 0.1) is 6.92 Å². The van der Waals surface area contributed by atoms with Crippen LogP contribution in [0.5, 0.6) is 0 Å². The number of rotatable bonds is 3. The van der Waals surface area contributed by atoms with Gasteiger partial charge in [0.25, 0.3) is 0 Å². The number of benzene rings is 1. The molecule has 25 heavy (non-hydrogen) atoms. The van der Waals surface area contributed by atoms with Gasteiger partial charge in [0.2, 0.25) is 0 Å². The minimum atomic E-state index is -0.0488. The van der Waals surface area contributed by atoms with Gasteiger partial charge in [0.1, 0.15) is 0 Å². The van der Waals surface area contributed by atoms with E-state index in [1.54, 1.807) is 6.20 Å². The number of hydrogen-bond donors (Lipinski definition) is 1. The Morgan fingerprint density at radius 3 is 2.40 bits per heavy atom. The molecule has 3 rings (SSSR count). The molecule has 2 aromatic rings. The molecule has 0 radical (unpaired) electrons. The molecule has 132 valence electrons. The van der Waals surface area contributed by atoms with Gasteiger partial charge in [-0.2, -0.15) is 5.10 Å². The van der Waals surface area contributed by atoms with Crippen molar-refractivity contribution in [2.75, 3.05) is 36.4 Å². The third kappa shape index (κ3) is 4.26. The number of nitrogens with zero attached hydrogens (tertiary/aromatic N) is 4. The summed E-state index contributed by atoms with van der Waals surface area (Å²) in [5.41, 5.74) is 3.20. The smallest absolute Gasteiger partial charge is 0.321 e. The Bertz CT molecular complexity index is 721. The lowest BCUT2D eigenvalue weighted by atomic mass is 10.0. The van der Waals surface area contributed by atoms with Crippen LogP contribution in [0.25, 0.3) is 0 Å². The van der Waals surface area contributed by atoms with Crippen LogP contribution in [0.15, 0.2) is 36.5 Å². The minimum absolute atomic E-state index is 0.0488. The highest BCUT2D eigenvalue weighted by Crippen LogP contribution is 2.18. The zero-order valence-electron chi connectivity index (χ0n) is 15.1. The topological polar surface area (TPSA) is 61.4 Å². The summed E-state index contributed by atoms with van der Waals surface area (Å²) in [6, 6.07) is 10.0. The third-order valence-electron chi connectivity index (χ3n) is 4.50. The highest BCUT2D eigenvalue weighted by atomic mass is 16.2. The number of urea groups is 1. The molecule has 2 amide bonds. The lowest BCUT2D eigenvalue weighted by molar-refractivity contribution is 0.208. The van der Waals surface area contributed by atoms with Gasteiger partial charge in [0.05, 0.1) is 6.20 Å². The van der Waals surface area contributed by atoms with E-state index in [-0.39, 0.29) is 6.03 Å². The van der Waals surface area contributed by atoms with Crippen LogP contribution in [0.2, 0.25) is 0 Å². The lowest BCUT2D eigenvalue weighted by Crippen LogP contribution is -2.50. The second-order valence-electron chi connectivity index (χ2n) is 6.77. The highest BCUT2D eigenvalue weighted by Gasteiger charge is 2.22. The molecule has 1 N–H and O–H groups in total. The van der Waals surface area contributed by atoms with Gasteiger partial charge in [-0.25, -0.2) is 4.79 Å². The number of nitrogens with one attached hydrogen (secondary N) is 1. The summed E-state index contributed by atoms with van der Waals surface area (Å²) in [6.45, 7) is 9.19. The zero-order valence-corrected chi connectivity index (χ0v) is 15.1. The maximum absolute atomic E-state index is 12.5. The standard InChI is InChI=1S/C19H25N5O/c1-14(2)16-4-6-17(7-5-16)21-19(25)24-10-8-23(9-11-24)18-12-15(3)13-20-22-18/h4-7,12-14H,8-11H2,1-3H3,(H,21,25). The van der Waals surface area contributed by atoms with E-state index in [4.69, 9.17) is 0 Å². The van der Waals surface area contributed by atoms with Crippen LogP contribution in [-0.2, 0) is 0 Å². The molecular formula is C19H25N5O. The van der Waals surface area contributed by atoms with Gasteiger partial charge in [-0.05, 0) is 42.2 Å². The summed E-state index contributed by atoms with van der Waals surface area (Å²) in [5.74, 6) is 1.37. The van der Waals surface area contributed by atoms with Gasteiger partial charge in [-0.3, -0.25) is 0 Å². The molecule has 1 aromatic carbocycles. The van der Waals surface area contributed by atoms with Gasteiger partial charge in [0, 0.05) is 31.9 Å². The Hall–Kier alpha value is -2.63. The molecule has 0 saturated carbocycles. The van der Waals surface area contributed by atoms with Crippen molar-refractivity contribution in [2.24, 2.45) is 0 Å². The van der Waals surface area contributed by atoms with E-state index in [0.29, 0.717) is 19.0 Å². The largest absolute Gasteiger partial charge is 0.352 e. The average Bonchev–Trinajstić information content (AvgIpc) is 2.62. The number of carbonyl (C=O) groups is 1. The number of amides is 2. The first kappa shape index (κ1) is 17.2. The van der Waals surface area contributed by atoms with Crippen LogP contribution in [0.1, 0.15) is 30.9 Å². The molecule has 2 heterocycles. The van der Waals surface area contributed by atoms with Crippen LogP contribution in [0.4, 0.5) is 16.3 Å². The lowest BCUT2D eigenvalue weighted by Gasteiger charge is -2.35. The maximum Gasteiger partial charge on any atom is 0.321 e. The van der Waals surface area contributed by atoms with Crippen molar-refractivity contribution in [3.63, 3.8) is 0 Å². The molecule has 0 spiro atoms. The zero-order chi connectivity index (χ0) is 17.8. The molecule has 0 unspecified atom stereocenters. The molecule has 0 atom stereocenters. The monoisotopic (exact) mass is 339 g/mol. The fourth-order valence-electron chi connectivity index (χ4n) is 2.90. The third-order valence-corrected chi connectivity index (χ3v) is 4.50. The summed E-state index contributed by atoms with van der Waals surface area (Å²) in [4.78, 5) is 16.5. The summed E-state index contributed by atoms with van der Waals surface area (Å²) < 4.78 is 0. The van der Waals surface area contributed by atoms with Gasteiger partial charge >= 0.3 is 6.03 Å². The minimum Gasteiger partial charge on any atom is -0.352 e. The number of anilines is 2. The molecule has 1 fully saturated rings. The van der Waals surface area contributed by atoms with Gasteiger partial charge in [-0.1, -0.05) is 26.0 Å². The molecule has 1 aliphatic heterocycles. The summed E-state index contributed by atoms with van der Waals surface area (Å²) in [7, 11) is 0. The molecule has 0 bridgehead atoms. The van der Waals surface area contributed by atoms with Crippen LogP contribution < -0.4 is 10.2 Å². The van der Waals surface area contributed by atoms with Gasteiger partial charge < -0.3 is 15.1 Å². The number of piperazine rings is 1. The van der Waals surface area contributed by atoms with E-state index in [1.807, 2.05) is 30.0 Å². The Balaban J connectivity index is 1.54. The number of aromatic nitrogens is 2. The van der Waals surface area contributed by atoms with E-state index < -0.39 is 0 Å². The highest BCUT2D eigenvalue weighted by molar-refractivity contribution is 5.89. The fourth-order valence-corrected chi connectivity index (χ4v) is 2.90. The van der Waals surface area contributed by atoms with Crippen LogP contribution in [0.3, 0.4) is 0 Å². The number of carbonyl (C=O) groups excluding carboxylic acids is 1. The second kappa shape index (κ2) is 7.51. The van der Waals surface area contributed by atoms with Crippen molar-refractivity contribution in [3.05, 3.63) is 47.7 Å². The summed E-state index contributed by atoms with van der Waals surface area (Å²) in [6.07, 6.45) is 1.75. The van der Waals surface area contributed by atoms with Gasteiger partial charge in [-0.15, -0.1) is 5.10 Å². The van der Waals surface area contributed by atoms with E-state index in [2.05, 4.69) is 46.4 Å². The molecular weight excluding hydrogens is 314 g/mol. The predicted molar refractivity (Wildman–Crippen MR) is 100 cm³/mol. The van der Waals surface area contributed by atoms with Crippen LogP contribution >= 0.6 is 0 Å². The van der Waals surface area contributed by atoms with Crippen molar-refractivity contribution in [2.45, 2.75) is 26.7 Å². The van der Waals surface area contributed by atoms with Crippen molar-refractivity contribution in [1.29, 1.82) is 0 Å². The SMILES string of the molecule is Cc1cnnc(N2CCN(C(=O)Nc3ccc(C(C)C)cc3)CC2)c1. The number of hydrogen-bond acceptors (Lipinski definition) is 4. The normalized spacial score (nSPS) is 14.7. The maximum atomic E-state index is 12.5. The average molecular weight is 339 g/mol. The van der Waals surface area contributed by atoms with Crippen molar-refractivity contribution in [1.82, 2.24) is 15.1 Å². The van der Waals surface area contributed by atoms with E-state index in [0.717, 1.165) is 30.2 Å². The van der Waals surface area contributed by atoms with E-state index in [9.17, 15) is 4.79 Å². The first-order valence-electron chi connectivity index (χ1n) is 8.73. The van der Waals surface area contributed by atoms with Gasteiger partial charge in [0.15, 0.2) is 5.82 Å². The van der Waals surface area contributed by atoms with E-state index >= 15 is 0 Å². The first-order chi connectivity index (χ1) is 12.0. The summed E-state index contributed by atoms with van der Waals surface area (Å²) >= 11 is 0. The van der Waals surface area contributed by atoms with Crippen molar-refractivity contribution >= 4 is 17.5 Å². The fraction of sp³-hybridized carbons (Fsp3) is 0.421.